The van der Waals surface area contributed by atoms with Crippen molar-refractivity contribution in [3.8, 4) is 17.0 Å². The van der Waals surface area contributed by atoms with E-state index in [0.29, 0.717) is 6.61 Å². The summed E-state index contributed by atoms with van der Waals surface area (Å²) in [6.45, 7) is 0.634. The molecule has 0 aliphatic heterocycles. The molecule has 0 amide bonds. The van der Waals surface area contributed by atoms with Crippen molar-refractivity contribution in [2.45, 2.75) is 6.61 Å². The zero-order valence-corrected chi connectivity index (χ0v) is 13.2. The molecule has 3 aromatic rings. The number of hydrogen-bond acceptors (Lipinski definition) is 5. The zero-order chi connectivity index (χ0) is 16.1. The average molecular weight is 310 g/mol. The van der Waals surface area contributed by atoms with Gasteiger partial charge in [-0.1, -0.05) is 12.1 Å². The minimum absolute atomic E-state index is 0.233. The average Bonchev–Trinajstić information content (AvgIpc) is 2.61. The van der Waals surface area contributed by atoms with Gasteiger partial charge in [0.2, 0.25) is 0 Å². The second-order valence-electron chi connectivity index (χ2n) is 5.02. The number of rotatable bonds is 6. The lowest BCUT2D eigenvalue weighted by atomic mass is 10.0. The van der Waals surface area contributed by atoms with Crippen molar-refractivity contribution in [2.75, 3.05) is 21.0 Å². The van der Waals surface area contributed by atoms with Gasteiger partial charge in [-0.15, -0.1) is 0 Å². The molecule has 3 rings (SSSR count). The van der Waals surface area contributed by atoms with E-state index in [-0.39, 0.29) is 6.79 Å². The Labute approximate surface area is 134 Å². The summed E-state index contributed by atoms with van der Waals surface area (Å²) in [4.78, 5) is 8.95. The third kappa shape index (κ3) is 3.31. The van der Waals surface area contributed by atoms with Crippen molar-refractivity contribution in [2.24, 2.45) is 0 Å². The summed E-state index contributed by atoms with van der Waals surface area (Å²) in [7, 11) is 3.26. The van der Waals surface area contributed by atoms with E-state index in [1.54, 1.807) is 26.6 Å². The minimum Gasteiger partial charge on any atom is -0.496 e. The fourth-order valence-electron chi connectivity index (χ4n) is 2.48. The molecule has 0 aliphatic rings. The number of ether oxygens (including phenoxy) is 3. The highest BCUT2D eigenvalue weighted by molar-refractivity contribution is 5.83. The van der Waals surface area contributed by atoms with Crippen molar-refractivity contribution < 1.29 is 14.2 Å². The van der Waals surface area contributed by atoms with Gasteiger partial charge in [0, 0.05) is 36.0 Å². The largest absolute Gasteiger partial charge is 0.496 e. The molecule has 0 bridgehead atoms. The Morgan fingerprint density at radius 3 is 2.78 bits per heavy atom. The van der Waals surface area contributed by atoms with E-state index in [9.17, 15) is 0 Å². The van der Waals surface area contributed by atoms with E-state index < -0.39 is 0 Å². The predicted octanol–water partition coefficient (Wildman–Crippen LogP) is 3.43. The van der Waals surface area contributed by atoms with Gasteiger partial charge in [0.05, 0.1) is 24.9 Å². The molecule has 0 aliphatic carbocycles. The molecule has 0 N–H and O–H groups in total. The predicted molar refractivity (Wildman–Crippen MR) is 88.2 cm³/mol. The first-order valence-corrected chi connectivity index (χ1v) is 7.27. The first kappa shape index (κ1) is 15.4. The fourth-order valence-corrected chi connectivity index (χ4v) is 2.48. The maximum Gasteiger partial charge on any atom is 0.146 e. The number of pyridine rings is 2. The van der Waals surface area contributed by atoms with Crippen LogP contribution in [-0.2, 0) is 16.1 Å². The summed E-state index contributed by atoms with van der Waals surface area (Å²) < 4.78 is 16.0. The van der Waals surface area contributed by atoms with Crippen LogP contribution in [0, 0.1) is 0 Å². The van der Waals surface area contributed by atoms with Gasteiger partial charge < -0.3 is 14.2 Å². The fraction of sp³-hybridized carbons (Fsp3) is 0.222. The van der Waals surface area contributed by atoms with Crippen LogP contribution in [0.5, 0.6) is 5.75 Å². The van der Waals surface area contributed by atoms with Crippen LogP contribution in [0.3, 0.4) is 0 Å². The zero-order valence-electron chi connectivity index (χ0n) is 13.2. The second-order valence-corrected chi connectivity index (χ2v) is 5.02. The summed E-state index contributed by atoms with van der Waals surface area (Å²) >= 11 is 0. The molecule has 0 fully saturated rings. The molecule has 0 atom stereocenters. The Balaban J connectivity index is 2.13. The normalized spacial score (nSPS) is 10.9. The molecule has 2 heterocycles. The number of nitrogens with zero attached hydrogens (tertiary/aromatic N) is 2. The Morgan fingerprint density at radius 1 is 1.09 bits per heavy atom. The molecule has 2 aromatic heterocycles. The lowest BCUT2D eigenvalue weighted by Gasteiger charge is -2.13. The van der Waals surface area contributed by atoms with E-state index in [1.165, 1.54) is 0 Å². The van der Waals surface area contributed by atoms with Gasteiger partial charge in [0.1, 0.15) is 12.5 Å². The number of hydrogen-bond donors (Lipinski definition) is 0. The second kappa shape index (κ2) is 7.17. The van der Waals surface area contributed by atoms with Crippen molar-refractivity contribution in [3.05, 3.63) is 54.4 Å². The molecule has 0 radical (unpaired) electrons. The van der Waals surface area contributed by atoms with Crippen molar-refractivity contribution in [1.82, 2.24) is 9.97 Å². The summed E-state index contributed by atoms with van der Waals surface area (Å²) in [6, 6.07) is 11.8. The molecular weight excluding hydrogens is 292 g/mol. The monoisotopic (exact) mass is 310 g/mol. The number of aromatic nitrogens is 2. The molecule has 5 nitrogen and oxygen atoms in total. The van der Waals surface area contributed by atoms with Gasteiger partial charge in [-0.25, -0.2) is 4.98 Å². The quantitative estimate of drug-likeness (QED) is 0.516. The number of para-hydroxylation sites is 1. The first-order valence-electron chi connectivity index (χ1n) is 7.27. The minimum atomic E-state index is 0.233. The highest BCUT2D eigenvalue weighted by Gasteiger charge is 2.13. The smallest absolute Gasteiger partial charge is 0.146 e. The summed E-state index contributed by atoms with van der Waals surface area (Å²) in [6.07, 6.45) is 3.54. The van der Waals surface area contributed by atoms with Crippen molar-refractivity contribution in [3.63, 3.8) is 0 Å². The number of fused-ring (bicyclic) bond motifs is 1. The lowest BCUT2D eigenvalue weighted by molar-refractivity contribution is -0.0389. The lowest BCUT2D eigenvalue weighted by Crippen LogP contribution is -2.02. The van der Waals surface area contributed by atoms with Crippen LogP contribution in [0.2, 0.25) is 0 Å². The Bertz CT molecular complexity index is 805. The molecule has 0 unspecified atom stereocenters. The van der Waals surface area contributed by atoms with E-state index in [4.69, 9.17) is 19.2 Å². The van der Waals surface area contributed by atoms with Gasteiger partial charge in [-0.2, -0.15) is 0 Å². The van der Waals surface area contributed by atoms with Crippen molar-refractivity contribution >= 4 is 10.9 Å². The topological polar surface area (TPSA) is 53.5 Å². The third-order valence-electron chi connectivity index (χ3n) is 3.51. The molecular formula is C18H18N2O3. The van der Waals surface area contributed by atoms with Crippen LogP contribution in [0.15, 0.2) is 48.8 Å². The van der Waals surface area contributed by atoms with Crippen LogP contribution in [0.1, 0.15) is 5.56 Å². The summed E-state index contributed by atoms with van der Waals surface area (Å²) in [5.74, 6) is 0.779. The SMILES string of the molecule is COCOCc1cc2cnccc2nc1-c1ccccc1OC. The van der Waals surface area contributed by atoms with E-state index in [1.807, 2.05) is 36.4 Å². The van der Waals surface area contributed by atoms with Gasteiger partial charge in [0.25, 0.3) is 0 Å². The maximum absolute atomic E-state index is 5.53. The maximum atomic E-state index is 5.53. The number of benzene rings is 1. The summed E-state index contributed by atoms with van der Waals surface area (Å²) in [5.41, 5.74) is 3.63. The van der Waals surface area contributed by atoms with Gasteiger partial charge in [-0.3, -0.25) is 4.98 Å². The van der Waals surface area contributed by atoms with Crippen molar-refractivity contribution in [1.29, 1.82) is 0 Å². The number of methoxy groups -OCH3 is 2. The van der Waals surface area contributed by atoms with Gasteiger partial charge in [-0.05, 0) is 24.3 Å². The molecule has 5 heteroatoms. The molecule has 1 aromatic carbocycles. The van der Waals surface area contributed by atoms with Crippen LogP contribution in [0.4, 0.5) is 0 Å². The highest BCUT2D eigenvalue weighted by Crippen LogP contribution is 2.32. The molecule has 0 saturated heterocycles. The summed E-state index contributed by atoms with van der Waals surface area (Å²) in [5, 5.41) is 0.974. The first-order chi connectivity index (χ1) is 11.3. The Morgan fingerprint density at radius 2 is 1.96 bits per heavy atom. The van der Waals surface area contributed by atoms with E-state index >= 15 is 0 Å². The van der Waals surface area contributed by atoms with Gasteiger partial charge >= 0.3 is 0 Å². The van der Waals surface area contributed by atoms with Crippen LogP contribution >= 0.6 is 0 Å². The molecule has 0 saturated carbocycles. The standard InChI is InChI=1S/C18H18N2O3/c1-21-12-23-11-14-9-13-10-19-8-7-16(13)20-18(14)15-5-3-4-6-17(15)22-2/h3-10H,11-12H2,1-2H3. The van der Waals surface area contributed by atoms with Crippen LogP contribution < -0.4 is 4.74 Å². The molecule has 118 valence electrons. The Kier molecular flexibility index (Phi) is 4.80. The van der Waals surface area contributed by atoms with Gasteiger partial charge in [0.15, 0.2) is 0 Å². The molecule has 23 heavy (non-hydrogen) atoms. The van der Waals surface area contributed by atoms with E-state index in [0.717, 1.165) is 33.5 Å². The highest BCUT2D eigenvalue weighted by atomic mass is 16.7. The third-order valence-corrected chi connectivity index (χ3v) is 3.51. The van der Waals surface area contributed by atoms with Crippen LogP contribution in [0.25, 0.3) is 22.2 Å². The Hall–Kier alpha value is -2.50. The van der Waals surface area contributed by atoms with Crippen LogP contribution in [-0.4, -0.2) is 31.0 Å². The van der Waals surface area contributed by atoms with E-state index in [2.05, 4.69) is 4.98 Å². The molecule has 0 spiro atoms.